The van der Waals surface area contributed by atoms with Crippen LogP contribution < -0.4 is 15.5 Å². The molecule has 2 aromatic rings. The van der Waals surface area contributed by atoms with E-state index in [0.29, 0.717) is 13.0 Å². The van der Waals surface area contributed by atoms with Gasteiger partial charge in [0.2, 0.25) is 5.91 Å². The van der Waals surface area contributed by atoms with Gasteiger partial charge in [-0.25, -0.2) is 9.59 Å². The van der Waals surface area contributed by atoms with Crippen molar-refractivity contribution in [2.45, 2.75) is 25.9 Å². The second-order valence-electron chi connectivity index (χ2n) is 6.50. The van der Waals surface area contributed by atoms with E-state index in [0.717, 1.165) is 16.8 Å². The molecule has 0 radical (unpaired) electrons. The van der Waals surface area contributed by atoms with Crippen molar-refractivity contribution in [3.05, 3.63) is 65.2 Å². The SMILES string of the molecule is Cc1ccc(N2CCC(NC(=O)NCc3ccc(C(=O)O)cc3)C2=O)cc1. The van der Waals surface area contributed by atoms with Gasteiger partial charge >= 0.3 is 12.0 Å². The molecule has 3 N–H and O–H groups in total. The zero-order valence-corrected chi connectivity index (χ0v) is 14.9. The summed E-state index contributed by atoms with van der Waals surface area (Å²) in [4.78, 5) is 37.1. The third kappa shape index (κ3) is 4.44. The number of nitrogens with one attached hydrogen (secondary N) is 2. The summed E-state index contributed by atoms with van der Waals surface area (Å²) in [7, 11) is 0. The predicted molar refractivity (Wildman–Crippen MR) is 101 cm³/mol. The van der Waals surface area contributed by atoms with Crippen LogP contribution in [0.2, 0.25) is 0 Å². The summed E-state index contributed by atoms with van der Waals surface area (Å²) >= 11 is 0. The first-order chi connectivity index (χ1) is 12.9. The molecule has 27 heavy (non-hydrogen) atoms. The van der Waals surface area contributed by atoms with Crippen molar-refractivity contribution >= 4 is 23.6 Å². The molecule has 1 aliphatic heterocycles. The van der Waals surface area contributed by atoms with Gasteiger partial charge in [-0.3, -0.25) is 4.79 Å². The Morgan fingerprint density at radius 1 is 1.11 bits per heavy atom. The van der Waals surface area contributed by atoms with Crippen LogP contribution in [0.4, 0.5) is 10.5 Å². The average Bonchev–Trinajstić information content (AvgIpc) is 3.01. The molecule has 1 aliphatic rings. The highest BCUT2D eigenvalue weighted by atomic mass is 16.4. The van der Waals surface area contributed by atoms with Gasteiger partial charge in [0.05, 0.1) is 5.56 Å². The monoisotopic (exact) mass is 367 g/mol. The van der Waals surface area contributed by atoms with Gasteiger partial charge < -0.3 is 20.6 Å². The Morgan fingerprint density at radius 2 is 1.78 bits per heavy atom. The summed E-state index contributed by atoms with van der Waals surface area (Å²) in [6.45, 7) is 2.79. The van der Waals surface area contributed by atoms with Gasteiger partial charge in [0.25, 0.3) is 0 Å². The molecule has 1 saturated heterocycles. The van der Waals surface area contributed by atoms with E-state index in [1.54, 1.807) is 17.0 Å². The van der Waals surface area contributed by atoms with E-state index in [4.69, 9.17) is 5.11 Å². The zero-order chi connectivity index (χ0) is 19.4. The van der Waals surface area contributed by atoms with E-state index in [1.807, 2.05) is 31.2 Å². The van der Waals surface area contributed by atoms with Gasteiger partial charge in [-0.1, -0.05) is 29.8 Å². The Morgan fingerprint density at radius 3 is 2.41 bits per heavy atom. The predicted octanol–water partition coefficient (Wildman–Crippen LogP) is 2.30. The molecule has 2 aromatic carbocycles. The van der Waals surface area contributed by atoms with Gasteiger partial charge in [-0.15, -0.1) is 0 Å². The number of hydrogen-bond acceptors (Lipinski definition) is 3. The minimum atomic E-state index is -0.995. The number of anilines is 1. The quantitative estimate of drug-likeness (QED) is 0.755. The third-order valence-electron chi connectivity index (χ3n) is 4.51. The largest absolute Gasteiger partial charge is 0.478 e. The molecule has 0 saturated carbocycles. The Hall–Kier alpha value is -3.35. The lowest BCUT2D eigenvalue weighted by Gasteiger charge is -2.17. The molecule has 7 nitrogen and oxygen atoms in total. The van der Waals surface area contributed by atoms with E-state index in [2.05, 4.69) is 10.6 Å². The second-order valence-corrected chi connectivity index (χ2v) is 6.50. The summed E-state index contributed by atoms with van der Waals surface area (Å²) < 4.78 is 0. The fraction of sp³-hybridized carbons (Fsp3) is 0.250. The molecule has 1 unspecified atom stereocenters. The lowest BCUT2D eigenvalue weighted by molar-refractivity contribution is -0.118. The number of aromatic carboxylic acids is 1. The maximum Gasteiger partial charge on any atom is 0.335 e. The highest BCUT2D eigenvalue weighted by Gasteiger charge is 2.33. The molecular formula is C20H21N3O4. The van der Waals surface area contributed by atoms with Gasteiger partial charge in [0.1, 0.15) is 6.04 Å². The number of nitrogens with zero attached hydrogens (tertiary/aromatic N) is 1. The number of carboxylic acids is 1. The fourth-order valence-electron chi connectivity index (χ4n) is 2.95. The molecule has 140 valence electrons. The van der Waals surface area contributed by atoms with Crippen molar-refractivity contribution in [1.29, 1.82) is 0 Å². The summed E-state index contributed by atoms with van der Waals surface area (Å²) in [6, 6.07) is 13.0. The van der Waals surface area contributed by atoms with Crippen LogP contribution in [0.1, 0.15) is 27.9 Å². The topological polar surface area (TPSA) is 98.7 Å². The smallest absolute Gasteiger partial charge is 0.335 e. The summed E-state index contributed by atoms with van der Waals surface area (Å²) in [5.41, 5.74) is 2.91. The lowest BCUT2D eigenvalue weighted by Crippen LogP contribution is -2.45. The van der Waals surface area contributed by atoms with E-state index in [9.17, 15) is 14.4 Å². The van der Waals surface area contributed by atoms with Crippen LogP contribution in [0.3, 0.4) is 0 Å². The first-order valence-electron chi connectivity index (χ1n) is 8.68. The molecule has 1 heterocycles. The molecule has 1 atom stereocenters. The number of amides is 3. The average molecular weight is 367 g/mol. The Bertz CT molecular complexity index is 847. The van der Waals surface area contributed by atoms with Crippen molar-refractivity contribution in [3.8, 4) is 0 Å². The van der Waals surface area contributed by atoms with Crippen LogP contribution in [0.5, 0.6) is 0 Å². The van der Waals surface area contributed by atoms with Crippen LogP contribution in [0.25, 0.3) is 0 Å². The maximum atomic E-state index is 12.5. The van der Waals surface area contributed by atoms with Gasteiger partial charge in [-0.05, 0) is 43.2 Å². The number of carbonyl (C=O) groups excluding carboxylic acids is 2. The van der Waals surface area contributed by atoms with Crippen molar-refractivity contribution in [2.75, 3.05) is 11.4 Å². The Kier molecular flexibility index (Phi) is 5.40. The molecule has 3 rings (SSSR count). The van der Waals surface area contributed by atoms with Crippen LogP contribution in [0.15, 0.2) is 48.5 Å². The molecule has 3 amide bonds. The molecule has 0 spiro atoms. The molecule has 0 bridgehead atoms. The van der Waals surface area contributed by atoms with Crippen LogP contribution in [0, 0.1) is 6.92 Å². The molecule has 0 aliphatic carbocycles. The highest BCUT2D eigenvalue weighted by molar-refractivity contribution is 6.01. The Balaban J connectivity index is 1.51. The summed E-state index contributed by atoms with van der Waals surface area (Å²) in [6.07, 6.45) is 0.549. The minimum Gasteiger partial charge on any atom is -0.478 e. The number of benzene rings is 2. The number of carbonyl (C=O) groups is 3. The number of aryl methyl sites for hydroxylation is 1. The molecular weight excluding hydrogens is 346 g/mol. The number of urea groups is 1. The minimum absolute atomic E-state index is 0.125. The van der Waals surface area contributed by atoms with Gasteiger partial charge in [-0.2, -0.15) is 0 Å². The van der Waals surface area contributed by atoms with Crippen molar-refractivity contribution < 1.29 is 19.5 Å². The van der Waals surface area contributed by atoms with Gasteiger partial charge in [0.15, 0.2) is 0 Å². The van der Waals surface area contributed by atoms with Crippen molar-refractivity contribution in [2.24, 2.45) is 0 Å². The highest BCUT2D eigenvalue weighted by Crippen LogP contribution is 2.21. The Labute approximate surface area is 157 Å². The molecule has 7 heteroatoms. The third-order valence-corrected chi connectivity index (χ3v) is 4.51. The van der Waals surface area contributed by atoms with Crippen LogP contribution in [-0.4, -0.2) is 35.6 Å². The number of hydrogen-bond donors (Lipinski definition) is 3. The van der Waals surface area contributed by atoms with E-state index in [-0.39, 0.29) is 18.0 Å². The van der Waals surface area contributed by atoms with E-state index >= 15 is 0 Å². The van der Waals surface area contributed by atoms with Gasteiger partial charge in [0, 0.05) is 18.8 Å². The number of rotatable bonds is 5. The maximum absolute atomic E-state index is 12.5. The normalized spacial score (nSPS) is 16.3. The molecule has 1 fully saturated rings. The first-order valence-corrected chi connectivity index (χ1v) is 8.68. The van der Waals surface area contributed by atoms with Crippen molar-refractivity contribution in [1.82, 2.24) is 10.6 Å². The summed E-state index contributed by atoms with van der Waals surface area (Å²) in [5, 5.41) is 14.3. The molecule has 0 aromatic heterocycles. The van der Waals surface area contributed by atoms with E-state index < -0.39 is 18.0 Å². The first kappa shape index (κ1) is 18.4. The zero-order valence-electron chi connectivity index (χ0n) is 14.9. The lowest BCUT2D eigenvalue weighted by atomic mass is 10.1. The summed E-state index contributed by atoms with van der Waals surface area (Å²) in [5.74, 6) is -1.12. The van der Waals surface area contributed by atoms with Crippen LogP contribution >= 0.6 is 0 Å². The standard InChI is InChI=1S/C20H21N3O4/c1-13-2-8-16(9-3-13)23-11-10-17(18(23)24)22-20(27)21-12-14-4-6-15(7-5-14)19(25)26/h2-9,17H,10-12H2,1H3,(H,25,26)(H2,21,22,27). The van der Waals surface area contributed by atoms with Crippen molar-refractivity contribution in [3.63, 3.8) is 0 Å². The fourth-order valence-corrected chi connectivity index (χ4v) is 2.95. The number of carboxylic acid groups (broad SMARTS) is 1. The van der Waals surface area contributed by atoms with Crippen LogP contribution in [-0.2, 0) is 11.3 Å². The van der Waals surface area contributed by atoms with E-state index in [1.165, 1.54) is 12.1 Å². The second kappa shape index (κ2) is 7.90.